The standard InChI is InChI=1S/C15H23NO2/c1-10-6-4-7-11(10)15(16)14-12(17-2)8-5-9-13(14)18-3/h5,8-11,15H,4,6-7,16H2,1-3H3. The van der Waals surface area contributed by atoms with Gasteiger partial charge < -0.3 is 15.2 Å². The molecule has 3 unspecified atom stereocenters. The third-order valence-electron chi connectivity index (χ3n) is 4.19. The van der Waals surface area contributed by atoms with Gasteiger partial charge in [-0.25, -0.2) is 0 Å². The van der Waals surface area contributed by atoms with Gasteiger partial charge in [0.25, 0.3) is 0 Å². The van der Waals surface area contributed by atoms with Crippen molar-refractivity contribution in [1.29, 1.82) is 0 Å². The third-order valence-corrected chi connectivity index (χ3v) is 4.19. The molecule has 1 aliphatic rings. The molecule has 18 heavy (non-hydrogen) atoms. The molecule has 1 saturated carbocycles. The molecule has 2 rings (SSSR count). The van der Waals surface area contributed by atoms with E-state index in [1.165, 1.54) is 19.3 Å². The Morgan fingerprint density at radius 1 is 1.17 bits per heavy atom. The van der Waals surface area contributed by atoms with Gasteiger partial charge in [-0.05, 0) is 30.4 Å². The number of hydrogen-bond donors (Lipinski definition) is 1. The van der Waals surface area contributed by atoms with E-state index in [0.717, 1.165) is 17.1 Å². The normalized spacial score (nSPS) is 24.9. The average molecular weight is 249 g/mol. The lowest BCUT2D eigenvalue weighted by atomic mass is 9.86. The van der Waals surface area contributed by atoms with Gasteiger partial charge in [-0.3, -0.25) is 0 Å². The molecular weight excluding hydrogens is 226 g/mol. The molecule has 0 heterocycles. The van der Waals surface area contributed by atoms with Gasteiger partial charge in [0.2, 0.25) is 0 Å². The Balaban J connectivity index is 2.36. The number of ether oxygens (including phenoxy) is 2. The predicted octanol–water partition coefficient (Wildman–Crippen LogP) is 3.14. The van der Waals surface area contributed by atoms with Crippen molar-refractivity contribution in [3.63, 3.8) is 0 Å². The SMILES string of the molecule is COc1cccc(OC)c1C(N)C1CCCC1C. The van der Waals surface area contributed by atoms with E-state index in [4.69, 9.17) is 15.2 Å². The number of hydrogen-bond acceptors (Lipinski definition) is 3. The van der Waals surface area contributed by atoms with Crippen LogP contribution in [-0.4, -0.2) is 14.2 Å². The largest absolute Gasteiger partial charge is 0.496 e. The van der Waals surface area contributed by atoms with Crippen LogP contribution in [-0.2, 0) is 0 Å². The molecule has 100 valence electrons. The highest BCUT2D eigenvalue weighted by Crippen LogP contribution is 2.44. The molecule has 1 aliphatic carbocycles. The highest BCUT2D eigenvalue weighted by Gasteiger charge is 2.32. The Bertz CT molecular complexity index is 383. The second-order valence-corrected chi connectivity index (χ2v) is 5.17. The summed E-state index contributed by atoms with van der Waals surface area (Å²) in [6.07, 6.45) is 3.75. The lowest BCUT2D eigenvalue weighted by Gasteiger charge is -2.26. The van der Waals surface area contributed by atoms with Crippen LogP contribution in [0.1, 0.15) is 37.8 Å². The van der Waals surface area contributed by atoms with Crippen LogP contribution in [0.15, 0.2) is 18.2 Å². The fourth-order valence-electron chi connectivity index (χ4n) is 3.13. The first-order chi connectivity index (χ1) is 8.69. The molecule has 3 atom stereocenters. The Hall–Kier alpha value is -1.22. The zero-order chi connectivity index (χ0) is 13.1. The molecule has 1 fully saturated rings. The first kappa shape index (κ1) is 13.2. The number of rotatable bonds is 4. The summed E-state index contributed by atoms with van der Waals surface area (Å²) in [5, 5.41) is 0. The van der Waals surface area contributed by atoms with Crippen molar-refractivity contribution in [1.82, 2.24) is 0 Å². The Labute approximate surface area is 109 Å². The van der Waals surface area contributed by atoms with Crippen LogP contribution in [0.25, 0.3) is 0 Å². The summed E-state index contributed by atoms with van der Waals surface area (Å²) in [7, 11) is 3.37. The summed E-state index contributed by atoms with van der Waals surface area (Å²) >= 11 is 0. The van der Waals surface area contributed by atoms with Crippen LogP contribution in [0, 0.1) is 11.8 Å². The Morgan fingerprint density at radius 3 is 2.22 bits per heavy atom. The van der Waals surface area contributed by atoms with E-state index >= 15 is 0 Å². The fraction of sp³-hybridized carbons (Fsp3) is 0.600. The van der Waals surface area contributed by atoms with Gasteiger partial charge in [0, 0.05) is 6.04 Å². The van der Waals surface area contributed by atoms with E-state index in [1.54, 1.807) is 14.2 Å². The third kappa shape index (κ3) is 2.32. The van der Waals surface area contributed by atoms with Crippen molar-refractivity contribution < 1.29 is 9.47 Å². The lowest BCUT2D eigenvalue weighted by molar-refractivity contribution is 0.321. The molecule has 0 aromatic heterocycles. The summed E-state index contributed by atoms with van der Waals surface area (Å²) in [6.45, 7) is 2.29. The molecule has 0 aliphatic heterocycles. The molecule has 0 amide bonds. The maximum Gasteiger partial charge on any atom is 0.127 e. The first-order valence-corrected chi connectivity index (χ1v) is 6.65. The van der Waals surface area contributed by atoms with Gasteiger partial charge in [-0.2, -0.15) is 0 Å². The van der Waals surface area contributed by atoms with E-state index in [2.05, 4.69) is 6.92 Å². The number of nitrogens with two attached hydrogens (primary N) is 1. The van der Waals surface area contributed by atoms with Crippen molar-refractivity contribution in [3.8, 4) is 11.5 Å². The van der Waals surface area contributed by atoms with E-state index in [9.17, 15) is 0 Å². The van der Waals surface area contributed by atoms with Crippen LogP contribution < -0.4 is 15.2 Å². The molecule has 0 saturated heterocycles. The van der Waals surface area contributed by atoms with Crippen LogP contribution in [0.2, 0.25) is 0 Å². The minimum atomic E-state index is -0.00593. The zero-order valence-electron chi connectivity index (χ0n) is 11.5. The van der Waals surface area contributed by atoms with Crippen molar-refractivity contribution in [2.45, 2.75) is 32.2 Å². The average Bonchev–Trinajstić information content (AvgIpc) is 2.83. The van der Waals surface area contributed by atoms with Gasteiger partial charge in [-0.1, -0.05) is 25.8 Å². The predicted molar refractivity (Wildman–Crippen MR) is 73.0 cm³/mol. The molecule has 3 nitrogen and oxygen atoms in total. The maximum absolute atomic E-state index is 6.48. The van der Waals surface area contributed by atoms with Gasteiger partial charge in [-0.15, -0.1) is 0 Å². The molecule has 0 spiro atoms. The number of methoxy groups -OCH3 is 2. The summed E-state index contributed by atoms with van der Waals surface area (Å²) in [5.41, 5.74) is 7.50. The maximum atomic E-state index is 6.48. The van der Waals surface area contributed by atoms with Gasteiger partial charge in [0.1, 0.15) is 11.5 Å². The van der Waals surface area contributed by atoms with Crippen LogP contribution >= 0.6 is 0 Å². The second kappa shape index (κ2) is 5.61. The lowest BCUT2D eigenvalue weighted by Crippen LogP contribution is -2.24. The van der Waals surface area contributed by atoms with Crippen LogP contribution in [0.3, 0.4) is 0 Å². The monoisotopic (exact) mass is 249 g/mol. The molecule has 0 bridgehead atoms. The van der Waals surface area contributed by atoms with E-state index in [1.807, 2.05) is 18.2 Å². The molecule has 1 aromatic carbocycles. The van der Waals surface area contributed by atoms with Gasteiger partial charge in [0.15, 0.2) is 0 Å². The summed E-state index contributed by atoms with van der Waals surface area (Å²) < 4.78 is 10.9. The number of benzene rings is 1. The highest BCUT2D eigenvalue weighted by atomic mass is 16.5. The first-order valence-electron chi connectivity index (χ1n) is 6.65. The van der Waals surface area contributed by atoms with Gasteiger partial charge >= 0.3 is 0 Å². The Kier molecular flexibility index (Phi) is 4.12. The highest BCUT2D eigenvalue weighted by molar-refractivity contribution is 5.47. The summed E-state index contributed by atoms with van der Waals surface area (Å²) in [4.78, 5) is 0. The van der Waals surface area contributed by atoms with E-state index in [-0.39, 0.29) is 6.04 Å². The zero-order valence-corrected chi connectivity index (χ0v) is 11.5. The summed E-state index contributed by atoms with van der Waals surface area (Å²) in [6, 6.07) is 5.84. The minimum Gasteiger partial charge on any atom is -0.496 e. The molecule has 2 N–H and O–H groups in total. The van der Waals surface area contributed by atoms with Crippen LogP contribution in [0.5, 0.6) is 11.5 Å². The smallest absolute Gasteiger partial charge is 0.127 e. The molecule has 3 heteroatoms. The molecular formula is C15H23NO2. The summed E-state index contributed by atoms with van der Waals surface area (Å²) in [5.74, 6) is 2.87. The van der Waals surface area contributed by atoms with Gasteiger partial charge in [0.05, 0.1) is 19.8 Å². The van der Waals surface area contributed by atoms with Crippen molar-refractivity contribution >= 4 is 0 Å². The second-order valence-electron chi connectivity index (χ2n) is 5.17. The fourth-order valence-corrected chi connectivity index (χ4v) is 3.13. The van der Waals surface area contributed by atoms with Crippen LogP contribution in [0.4, 0.5) is 0 Å². The van der Waals surface area contributed by atoms with Crippen molar-refractivity contribution in [2.24, 2.45) is 17.6 Å². The van der Waals surface area contributed by atoms with Crippen molar-refractivity contribution in [3.05, 3.63) is 23.8 Å². The van der Waals surface area contributed by atoms with E-state index < -0.39 is 0 Å². The topological polar surface area (TPSA) is 44.5 Å². The van der Waals surface area contributed by atoms with Crippen molar-refractivity contribution in [2.75, 3.05) is 14.2 Å². The molecule has 0 radical (unpaired) electrons. The minimum absolute atomic E-state index is 0.00593. The quantitative estimate of drug-likeness (QED) is 0.891. The Morgan fingerprint density at radius 2 is 1.78 bits per heavy atom. The van der Waals surface area contributed by atoms with E-state index in [0.29, 0.717) is 11.8 Å². The molecule has 1 aromatic rings.